The van der Waals surface area contributed by atoms with E-state index in [-0.39, 0.29) is 0 Å². The lowest BCUT2D eigenvalue weighted by molar-refractivity contribution is 0.195. The van der Waals surface area contributed by atoms with Crippen molar-refractivity contribution in [2.75, 3.05) is 0 Å². The molecule has 0 aliphatic heterocycles. The van der Waals surface area contributed by atoms with Crippen LogP contribution in [0, 0.1) is 0 Å². The number of amides is 1. The van der Waals surface area contributed by atoms with Crippen molar-refractivity contribution < 1.29 is 14.3 Å². The van der Waals surface area contributed by atoms with E-state index in [2.05, 4.69) is 5.10 Å². The average Bonchev–Trinajstić information content (AvgIpc) is 2.69. The van der Waals surface area contributed by atoms with Crippen molar-refractivity contribution in [3.63, 3.8) is 0 Å². The summed E-state index contributed by atoms with van der Waals surface area (Å²) in [5.74, 6) is 0.551. The van der Waals surface area contributed by atoms with Gasteiger partial charge in [-0.2, -0.15) is 5.10 Å². The molecular weight excluding hydrogens is 208 g/mol. The number of furan rings is 1. The maximum atomic E-state index is 10.3. The van der Waals surface area contributed by atoms with Gasteiger partial charge in [0.25, 0.3) is 0 Å². The number of hydrogen-bond donors (Lipinski definition) is 2. The van der Waals surface area contributed by atoms with Gasteiger partial charge in [-0.25, -0.2) is 10.2 Å². The fourth-order valence-electron chi connectivity index (χ4n) is 1.35. The van der Waals surface area contributed by atoms with Crippen LogP contribution in [0.5, 0.6) is 0 Å². The zero-order valence-electron chi connectivity index (χ0n) is 8.60. The zero-order chi connectivity index (χ0) is 11.5. The summed E-state index contributed by atoms with van der Waals surface area (Å²) in [5.41, 5.74) is 3.17. The summed E-state index contributed by atoms with van der Waals surface area (Å²) in [7, 11) is 0. The van der Waals surface area contributed by atoms with Crippen LogP contribution in [-0.4, -0.2) is 16.9 Å². The van der Waals surface area contributed by atoms with Crippen molar-refractivity contribution in [1.82, 2.24) is 5.43 Å². The van der Waals surface area contributed by atoms with Gasteiger partial charge in [-0.3, -0.25) is 0 Å². The molecule has 0 saturated heterocycles. The third kappa shape index (κ3) is 2.03. The van der Waals surface area contributed by atoms with Crippen molar-refractivity contribution in [1.29, 1.82) is 0 Å². The Labute approximate surface area is 91.4 Å². The van der Waals surface area contributed by atoms with Crippen LogP contribution in [0.15, 0.2) is 39.9 Å². The number of hydrogen-bond acceptors (Lipinski definition) is 3. The van der Waals surface area contributed by atoms with Crippen LogP contribution in [-0.2, 0) is 0 Å². The molecule has 0 bridgehead atoms. The summed E-state index contributed by atoms with van der Waals surface area (Å²) in [6, 6.07) is 9.36. The number of benzene rings is 1. The van der Waals surface area contributed by atoms with E-state index in [1.807, 2.05) is 35.8 Å². The van der Waals surface area contributed by atoms with Gasteiger partial charge in [-0.1, -0.05) is 18.2 Å². The highest BCUT2D eigenvalue weighted by Gasteiger charge is 2.06. The van der Waals surface area contributed by atoms with Crippen LogP contribution < -0.4 is 5.43 Å². The molecule has 2 rings (SSSR count). The minimum atomic E-state index is -1.20. The molecule has 0 radical (unpaired) electrons. The Morgan fingerprint density at radius 3 is 2.88 bits per heavy atom. The lowest BCUT2D eigenvalue weighted by Crippen LogP contribution is -2.15. The number of hydrazone groups is 1. The quantitative estimate of drug-likeness (QED) is 0.600. The minimum absolute atomic E-state index is 0.485. The number of rotatable bonds is 2. The lowest BCUT2D eigenvalue weighted by atomic mass is 10.2. The highest BCUT2D eigenvalue weighted by atomic mass is 16.4. The number of carbonyl (C=O) groups is 1. The largest absolute Gasteiger partial charge is 0.464 e. The standard InChI is InChI=1S/C11H10N2O3/c1-7(12-13-11(14)15)10-6-8-4-2-3-5-9(8)16-10/h2-6,13H,1H3,(H,14,15). The van der Waals surface area contributed by atoms with Gasteiger partial charge in [-0.15, -0.1) is 0 Å². The maximum Gasteiger partial charge on any atom is 0.425 e. The van der Waals surface area contributed by atoms with Crippen molar-refractivity contribution in [3.05, 3.63) is 36.1 Å². The summed E-state index contributed by atoms with van der Waals surface area (Å²) < 4.78 is 5.50. The maximum absolute atomic E-state index is 10.3. The van der Waals surface area contributed by atoms with Gasteiger partial charge in [0, 0.05) is 5.39 Å². The number of carboxylic acid groups (broad SMARTS) is 1. The zero-order valence-corrected chi connectivity index (χ0v) is 8.60. The van der Waals surface area contributed by atoms with Crippen molar-refractivity contribution in [3.8, 4) is 0 Å². The Bertz CT molecular complexity index is 524. The van der Waals surface area contributed by atoms with Crippen LogP contribution in [0.1, 0.15) is 12.7 Å². The van der Waals surface area contributed by atoms with E-state index < -0.39 is 6.09 Å². The molecular formula is C11H10N2O3. The van der Waals surface area contributed by atoms with Crippen molar-refractivity contribution >= 4 is 22.8 Å². The summed E-state index contributed by atoms with van der Waals surface area (Å²) in [5, 5.41) is 13.0. The Kier molecular flexibility index (Phi) is 2.59. The van der Waals surface area contributed by atoms with Crippen LogP contribution in [0.4, 0.5) is 4.79 Å². The first-order valence-corrected chi connectivity index (χ1v) is 4.69. The smallest absolute Gasteiger partial charge is 0.425 e. The first-order valence-electron chi connectivity index (χ1n) is 4.69. The van der Waals surface area contributed by atoms with Crippen LogP contribution in [0.25, 0.3) is 11.0 Å². The summed E-state index contributed by atoms with van der Waals surface area (Å²) >= 11 is 0. The van der Waals surface area contributed by atoms with E-state index >= 15 is 0 Å². The Hall–Kier alpha value is -2.30. The van der Waals surface area contributed by atoms with E-state index in [0.717, 1.165) is 11.0 Å². The van der Waals surface area contributed by atoms with E-state index in [0.29, 0.717) is 11.5 Å². The Morgan fingerprint density at radius 1 is 1.44 bits per heavy atom. The van der Waals surface area contributed by atoms with E-state index in [4.69, 9.17) is 9.52 Å². The number of nitrogens with zero attached hydrogens (tertiary/aromatic N) is 1. The lowest BCUT2D eigenvalue weighted by Gasteiger charge is -1.94. The molecule has 1 amide bonds. The molecule has 1 heterocycles. The second kappa shape index (κ2) is 4.06. The van der Waals surface area contributed by atoms with Gasteiger partial charge < -0.3 is 9.52 Å². The van der Waals surface area contributed by atoms with Crippen molar-refractivity contribution in [2.45, 2.75) is 6.92 Å². The molecule has 0 aliphatic rings. The molecule has 0 spiro atoms. The molecule has 0 atom stereocenters. The molecule has 5 nitrogen and oxygen atoms in total. The van der Waals surface area contributed by atoms with Gasteiger partial charge in [0.2, 0.25) is 0 Å². The SMILES string of the molecule is CC(=NNC(=O)O)c1cc2ccccc2o1. The van der Waals surface area contributed by atoms with Crippen LogP contribution >= 0.6 is 0 Å². The fourth-order valence-corrected chi connectivity index (χ4v) is 1.35. The minimum Gasteiger partial charge on any atom is -0.464 e. The van der Waals surface area contributed by atoms with Crippen LogP contribution in [0.3, 0.4) is 0 Å². The van der Waals surface area contributed by atoms with Crippen LogP contribution in [0.2, 0.25) is 0 Å². The molecule has 0 fully saturated rings. The monoisotopic (exact) mass is 218 g/mol. The Morgan fingerprint density at radius 2 is 2.19 bits per heavy atom. The third-order valence-electron chi connectivity index (χ3n) is 2.10. The van der Waals surface area contributed by atoms with Crippen molar-refractivity contribution in [2.24, 2.45) is 5.10 Å². The average molecular weight is 218 g/mol. The molecule has 5 heteroatoms. The third-order valence-corrected chi connectivity index (χ3v) is 2.10. The highest BCUT2D eigenvalue weighted by molar-refractivity contribution is 5.99. The molecule has 0 unspecified atom stereocenters. The first-order chi connectivity index (χ1) is 7.66. The molecule has 2 aromatic rings. The summed E-state index contributed by atoms with van der Waals surface area (Å²) in [4.78, 5) is 10.3. The molecule has 0 aliphatic carbocycles. The normalized spacial score (nSPS) is 11.7. The predicted octanol–water partition coefficient (Wildman–Crippen LogP) is 2.42. The van der Waals surface area contributed by atoms with Gasteiger partial charge in [0.1, 0.15) is 11.3 Å². The van der Waals surface area contributed by atoms with E-state index in [9.17, 15) is 4.79 Å². The second-order valence-corrected chi connectivity index (χ2v) is 3.26. The second-order valence-electron chi connectivity index (χ2n) is 3.26. The Balaban J connectivity index is 2.33. The summed E-state index contributed by atoms with van der Waals surface area (Å²) in [6.45, 7) is 1.67. The summed E-state index contributed by atoms with van der Waals surface area (Å²) in [6.07, 6.45) is -1.20. The number of nitrogens with one attached hydrogen (secondary N) is 1. The molecule has 82 valence electrons. The van der Waals surface area contributed by atoms with E-state index in [1.165, 1.54) is 0 Å². The highest BCUT2D eigenvalue weighted by Crippen LogP contribution is 2.19. The van der Waals surface area contributed by atoms with Gasteiger partial charge in [0.15, 0.2) is 5.76 Å². The molecule has 0 saturated carbocycles. The number of para-hydroxylation sites is 1. The molecule has 1 aromatic heterocycles. The topological polar surface area (TPSA) is 74.8 Å². The molecule has 1 aromatic carbocycles. The van der Waals surface area contributed by atoms with Gasteiger partial charge >= 0.3 is 6.09 Å². The van der Waals surface area contributed by atoms with E-state index in [1.54, 1.807) is 6.92 Å². The molecule has 2 N–H and O–H groups in total. The fraction of sp³-hybridized carbons (Fsp3) is 0.0909. The van der Waals surface area contributed by atoms with Gasteiger partial charge in [0.05, 0.1) is 0 Å². The van der Waals surface area contributed by atoms with Gasteiger partial charge in [-0.05, 0) is 19.1 Å². The first kappa shape index (κ1) is 10.2. The number of fused-ring (bicyclic) bond motifs is 1. The molecule has 16 heavy (non-hydrogen) atoms. The predicted molar refractivity (Wildman–Crippen MR) is 59.6 cm³/mol.